The van der Waals surface area contributed by atoms with Crippen molar-refractivity contribution < 1.29 is 4.79 Å². The summed E-state index contributed by atoms with van der Waals surface area (Å²) in [5.41, 5.74) is 10.2. The summed E-state index contributed by atoms with van der Waals surface area (Å²) >= 11 is 11.9. The first-order valence-electron chi connectivity index (χ1n) is 9.65. The number of imidazole rings is 1. The van der Waals surface area contributed by atoms with Gasteiger partial charge in [-0.1, -0.05) is 18.2 Å². The lowest BCUT2D eigenvalue weighted by molar-refractivity contribution is -0.113. The molecular weight excluding hydrogens is 421 g/mol. The minimum absolute atomic E-state index is 0.465. The summed E-state index contributed by atoms with van der Waals surface area (Å²) in [6.07, 6.45) is 3.06. The molecular formula is C22H25Cl2N5O. The normalized spacial score (nSPS) is 11.3. The molecule has 0 fully saturated rings. The molecule has 0 saturated carbocycles. The summed E-state index contributed by atoms with van der Waals surface area (Å²) in [5, 5.41) is 3.39. The maximum atomic E-state index is 10.9. The Morgan fingerprint density at radius 3 is 2.67 bits per heavy atom. The lowest BCUT2D eigenvalue weighted by Crippen LogP contribution is -2.27. The first-order chi connectivity index (χ1) is 14.5. The fourth-order valence-electron chi connectivity index (χ4n) is 3.28. The van der Waals surface area contributed by atoms with E-state index in [1.54, 1.807) is 6.08 Å². The number of fused-ring (bicyclic) bond motifs is 1. The smallest absolute Gasteiger partial charge is 0.241 e. The van der Waals surface area contributed by atoms with Gasteiger partial charge in [-0.05, 0) is 41.5 Å². The fourth-order valence-corrected chi connectivity index (χ4v) is 3.69. The van der Waals surface area contributed by atoms with Gasteiger partial charge in [0.15, 0.2) is 0 Å². The third kappa shape index (κ3) is 5.46. The second kappa shape index (κ2) is 10.4. The van der Waals surface area contributed by atoms with E-state index in [1.807, 2.05) is 35.9 Å². The molecule has 0 bridgehead atoms. The highest BCUT2D eigenvalue weighted by atomic mass is 35.5. The van der Waals surface area contributed by atoms with Gasteiger partial charge in [-0.15, -0.1) is 23.2 Å². The molecule has 0 spiro atoms. The van der Waals surface area contributed by atoms with Gasteiger partial charge in [-0.25, -0.2) is 4.98 Å². The average molecular weight is 446 g/mol. The van der Waals surface area contributed by atoms with Crippen molar-refractivity contribution in [2.24, 2.45) is 12.8 Å². The molecule has 3 rings (SSSR count). The van der Waals surface area contributed by atoms with Crippen LogP contribution in [0.4, 0.5) is 11.6 Å². The Labute approximate surface area is 186 Å². The third-order valence-electron chi connectivity index (χ3n) is 4.78. The van der Waals surface area contributed by atoms with Crippen molar-refractivity contribution in [2.75, 3.05) is 35.1 Å². The highest BCUT2D eigenvalue weighted by Crippen LogP contribution is 2.25. The number of nitrogens with two attached hydrogens (primary N) is 1. The summed E-state index contributed by atoms with van der Waals surface area (Å²) in [4.78, 5) is 17.8. The molecule has 0 atom stereocenters. The number of benzene rings is 2. The van der Waals surface area contributed by atoms with Crippen LogP contribution < -0.4 is 16.0 Å². The lowest BCUT2D eigenvalue weighted by atomic mass is 10.1. The summed E-state index contributed by atoms with van der Waals surface area (Å²) < 4.78 is 2.03. The SMILES string of the molecule is Cn1c(NCc2cccc(C=CC(N)=O)c2)nc2cc(N(CCCl)CCCl)ccc21. The molecule has 0 aliphatic carbocycles. The molecule has 1 heterocycles. The van der Waals surface area contributed by atoms with Crippen molar-refractivity contribution in [3.05, 3.63) is 59.7 Å². The molecule has 8 heteroatoms. The van der Waals surface area contributed by atoms with Crippen molar-refractivity contribution >= 4 is 57.9 Å². The van der Waals surface area contributed by atoms with Crippen LogP contribution in [0.2, 0.25) is 0 Å². The number of hydrogen-bond donors (Lipinski definition) is 2. The van der Waals surface area contributed by atoms with Crippen molar-refractivity contribution in [1.29, 1.82) is 0 Å². The number of carbonyl (C=O) groups excluding carboxylic acids is 1. The molecule has 0 unspecified atom stereocenters. The van der Waals surface area contributed by atoms with Gasteiger partial charge >= 0.3 is 0 Å². The average Bonchev–Trinajstić information content (AvgIpc) is 3.06. The zero-order valence-electron chi connectivity index (χ0n) is 16.8. The van der Waals surface area contributed by atoms with Crippen molar-refractivity contribution in [1.82, 2.24) is 9.55 Å². The zero-order valence-corrected chi connectivity index (χ0v) is 18.3. The molecule has 3 N–H and O–H groups in total. The lowest BCUT2D eigenvalue weighted by Gasteiger charge is -2.22. The predicted octanol–water partition coefficient (Wildman–Crippen LogP) is 3.97. The molecule has 0 radical (unpaired) electrons. The van der Waals surface area contributed by atoms with Gasteiger partial charge in [0, 0.05) is 50.2 Å². The van der Waals surface area contributed by atoms with Gasteiger partial charge in [-0.2, -0.15) is 0 Å². The number of amides is 1. The largest absolute Gasteiger partial charge is 0.369 e. The Hall–Kier alpha value is -2.70. The Balaban J connectivity index is 1.77. The summed E-state index contributed by atoms with van der Waals surface area (Å²) in [7, 11) is 1.98. The van der Waals surface area contributed by atoms with E-state index in [-0.39, 0.29) is 0 Å². The van der Waals surface area contributed by atoms with E-state index < -0.39 is 5.91 Å². The fraction of sp³-hybridized carbons (Fsp3) is 0.273. The Morgan fingerprint density at radius 2 is 1.97 bits per heavy atom. The summed E-state index contributed by atoms with van der Waals surface area (Å²) in [6.45, 7) is 2.07. The van der Waals surface area contributed by atoms with Crippen LogP contribution in [-0.4, -0.2) is 40.3 Å². The van der Waals surface area contributed by atoms with Crippen LogP contribution in [0.25, 0.3) is 17.1 Å². The molecule has 0 aliphatic rings. The number of anilines is 2. The molecule has 1 amide bonds. The van der Waals surface area contributed by atoms with Crippen molar-refractivity contribution in [2.45, 2.75) is 6.54 Å². The first-order valence-corrected chi connectivity index (χ1v) is 10.7. The van der Waals surface area contributed by atoms with Crippen LogP contribution in [0.15, 0.2) is 48.5 Å². The van der Waals surface area contributed by atoms with E-state index in [4.69, 9.17) is 33.9 Å². The topological polar surface area (TPSA) is 76.2 Å². The van der Waals surface area contributed by atoms with Gasteiger partial charge in [0.25, 0.3) is 0 Å². The number of nitrogens with zero attached hydrogens (tertiary/aromatic N) is 3. The quantitative estimate of drug-likeness (QED) is 0.365. The number of hydrogen-bond acceptors (Lipinski definition) is 4. The maximum absolute atomic E-state index is 10.9. The van der Waals surface area contributed by atoms with E-state index in [1.165, 1.54) is 6.08 Å². The van der Waals surface area contributed by atoms with Gasteiger partial charge in [0.2, 0.25) is 11.9 Å². The Morgan fingerprint density at radius 1 is 1.20 bits per heavy atom. The molecule has 0 saturated heterocycles. The Kier molecular flexibility index (Phi) is 7.60. The molecule has 3 aromatic rings. The number of nitrogens with one attached hydrogen (secondary N) is 1. The van der Waals surface area contributed by atoms with E-state index >= 15 is 0 Å². The standard InChI is InChI=1S/C22H25Cl2N5O/c1-28-20-7-6-18(29(11-9-23)12-10-24)14-19(20)27-22(28)26-15-17-4-2-3-16(13-17)5-8-21(25)30/h2-8,13-14H,9-12,15H2,1H3,(H2,25,30)(H,26,27). The summed E-state index contributed by atoms with van der Waals surface area (Å²) in [6, 6.07) is 14.1. The van der Waals surface area contributed by atoms with Crippen LogP contribution in [-0.2, 0) is 18.4 Å². The number of primary amides is 1. The van der Waals surface area contributed by atoms with Crippen molar-refractivity contribution in [3.8, 4) is 0 Å². The zero-order chi connectivity index (χ0) is 21.5. The molecule has 1 aromatic heterocycles. The van der Waals surface area contributed by atoms with Gasteiger partial charge < -0.3 is 20.5 Å². The number of rotatable bonds is 10. The number of alkyl halides is 2. The maximum Gasteiger partial charge on any atom is 0.241 e. The molecule has 30 heavy (non-hydrogen) atoms. The monoisotopic (exact) mass is 445 g/mol. The van der Waals surface area contributed by atoms with Gasteiger partial charge in [0.05, 0.1) is 11.0 Å². The number of carbonyl (C=O) groups is 1. The van der Waals surface area contributed by atoms with Gasteiger partial charge in [0.1, 0.15) is 0 Å². The predicted molar refractivity (Wildman–Crippen MR) is 126 cm³/mol. The van der Waals surface area contributed by atoms with Crippen LogP contribution in [0, 0.1) is 0 Å². The van der Waals surface area contributed by atoms with E-state index in [0.717, 1.165) is 46.9 Å². The minimum Gasteiger partial charge on any atom is -0.369 e. The van der Waals surface area contributed by atoms with Crippen LogP contribution in [0.5, 0.6) is 0 Å². The number of aromatic nitrogens is 2. The second-order valence-corrected chi connectivity index (χ2v) is 7.62. The van der Waals surface area contributed by atoms with Gasteiger partial charge in [-0.3, -0.25) is 4.79 Å². The van der Waals surface area contributed by atoms with Crippen LogP contribution in [0.1, 0.15) is 11.1 Å². The molecule has 2 aromatic carbocycles. The van der Waals surface area contributed by atoms with Crippen molar-refractivity contribution in [3.63, 3.8) is 0 Å². The minimum atomic E-state index is -0.465. The number of halogens is 2. The summed E-state index contributed by atoms with van der Waals surface area (Å²) in [5.74, 6) is 1.39. The Bertz CT molecular complexity index is 1040. The van der Waals surface area contributed by atoms with E-state index in [0.29, 0.717) is 18.3 Å². The molecule has 158 valence electrons. The van der Waals surface area contributed by atoms with E-state index in [2.05, 4.69) is 28.4 Å². The second-order valence-electron chi connectivity index (χ2n) is 6.87. The first kappa shape index (κ1) is 22.0. The van der Waals surface area contributed by atoms with Crippen LogP contribution in [0.3, 0.4) is 0 Å². The highest BCUT2D eigenvalue weighted by Gasteiger charge is 2.11. The third-order valence-corrected chi connectivity index (χ3v) is 5.12. The van der Waals surface area contributed by atoms with E-state index in [9.17, 15) is 4.79 Å². The van der Waals surface area contributed by atoms with Crippen LogP contribution >= 0.6 is 23.2 Å². The number of aryl methyl sites for hydroxylation is 1. The molecule has 0 aliphatic heterocycles. The molecule has 6 nitrogen and oxygen atoms in total. The highest BCUT2D eigenvalue weighted by molar-refractivity contribution is 6.18.